The average molecular weight is 352 g/mol. The van der Waals surface area contributed by atoms with E-state index in [0.717, 1.165) is 5.06 Å². The minimum Gasteiger partial charge on any atom is -0.492 e. The molecule has 3 N–H and O–H groups in total. The first-order valence-corrected chi connectivity index (χ1v) is 8.00. The molecule has 0 fully saturated rings. The van der Waals surface area contributed by atoms with E-state index >= 15 is 0 Å². The highest BCUT2D eigenvalue weighted by Gasteiger charge is 2.24. The topological polar surface area (TPSA) is 107 Å². The second kappa shape index (κ2) is 7.58. The van der Waals surface area contributed by atoms with E-state index in [1.54, 1.807) is 39.0 Å². The average Bonchev–Trinajstić information content (AvgIpc) is 2.53. The maximum absolute atomic E-state index is 11.5. The minimum atomic E-state index is -0.554. The summed E-state index contributed by atoms with van der Waals surface area (Å²) in [4.78, 5) is 11.5. The van der Waals surface area contributed by atoms with E-state index in [4.69, 9.17) is 9.47 Å². The molecule has 1 aromatic carbocycles. The smallest absolute Gasteiger partial charge is 0.407 e. The summed E-state index contributed by atoms with van der Waals surface area (Å²) in [6.07, 6.45) is -0.0536. The minimum absolute atomic E-state index is 0.218. The van der Waals surface area contributed by atoms with Crippen molar-refractivity contribution in [3.63, 3.8) is 0 Å². The Hall–Kier alpha value is -2.52. The highest BCUT2D eigenvalue weighted by atomic mass is 16.6. The third-order valence-electron chi connectivity index (χ3n) is 3.20. The lowest BCUT2D eigenvalue weighted by molar-refractivity contribution is 0.0520. The summed E-state index contributed by atoms with van der Waals surface area (Å²) < 4.78 is 10.7. The fourth-order valence-electron chi connectivity index (χ4n) is 2.13. The molecule has 0 radical (unpaired) electrons. The second-order valence-corrected chi connectivity index (χ2v) is 6.40. The van der Waals surface area contributed by atoms with Crippen molar-refractivity contribution in [2.45, 2.75) is 39.7 Å². The zero-order valence-electron chi connectivity index (χ0n) is 14.8. The number of rotatable bonds is 5. The van der Waals surface area contributed by atoms with Crippen LogP contribution in [0.25, 0.3) is 0 Å². The van der Waals surface area contributed by atoms with Gasteiger partial charge in [-0.1, -0.05) is 6.92 Å². The highest BCUT2D eigenvalue weighted by molar-refractivity contribution is 6.01. The van der Waals surface area contributed by atoms with Gasteiger partial charge in [-0.15, -0.1) is 10.3 Å². The van der Waals surface area contributed by atoms with Gasteiger partial charge in [-0.25, -0.2) is 9.86 Å². The molecule has 2 rings (SSSR count). The number of amidine groups is 1. The molecule has 0 unspecified atom stereocenters. The fourth-order valence-corrected chi connectivity index (χ4v) is 2.13. The number of benzene rings is 1. The van der Waals surface area contributed by atoms with Crippen LogP contribution in [0.2, 0.25) is 0 Å². The Morgan fingerprint density at radius 2 is 2.00 bits per heavy atom. The molecule has 25 heavy (non-hydrogen) atoms. The molecule has 1 aromatic rings. The molecule has 1 aliphatic rings. The molecule has 9 nitrogen and oxygen atoms in total. The fraction of sp³-hybridized carbons (Fsp3) is 0.500. The Labute approximate surface area is 146 Å². The number of amides is 1. The normalized spacial score (nSPS) is 13.9. The summed E-state index contributed by atoms with van der Waals surface area (Å²) in [6.45, 7) is 7.65. The third kappa shape index (κ3) is 4.97. The van der Waals surface area contributed by atoms with Gasteiger partial charge in [-0.05, 0) is 32.9 Å². The van der Waals surface area contributed by atoms with Crippen LogP contribution in [0.3, 0.4) is 0 Å². The van der Waals surface area contributed by atoms with Gasteiger partial charge >= 0.3 is 6.09 Å². The number of hydroxylamine groups is 1. The van der Waals surface area contributed by atoms with Crippen molar-refractivity contribution in [3.8, 4) is 5.75 Å². The number of alkyl carbamates (subject to hydrolysis) is 1. The first-order valence-electron chi connectivity index (χ1n) is 8.00. The van der Waals surface area contributed by atoms with E-state index in [1.165, 1.54) is 0 Å². The van der Waals surface area contributed by atoms with Crippen molar-refractivity contribution in [3.05, 3.63) is 18.2 Å². The molecule has 0 saturated heterocycles. The maximum atomic E-state index is 11.5. The standard InChI is InChI=1S/C16H24N4O5/c1-5-14-18-20(23)13-10-11(6-7-12(13)19(14)22)24-9-8-17-15(21)25-16(2,3)4/h6-7,10,22-23H,5,8-9H2,1-4H3,(H,17,21). The Balaban J connectivity index is 1.90. The SMILES string of the molecule is CCC1=NN(O)c2cc(OCCNC(=O)OC(C)(C)C)ccc2N1O. The Morgan fingerprint density at radius 3 is 2.64 bits per heavy atom. The van der Waals surface area contributed by atoms with Crippen LogP contribution in [0.15, 0.2) is 23.3 Å². The van der Waals surface area contributed by atoms with Crippen molar-refractivity contribution < 1.29 is 24.7 Å². The zero-order valence-corrected chi connectivity index (χ0v) is 14.8. The third-order valence-corrected chi connectivity index (χ3v) is 3.20. The van der Waals surface area contributed by atoms with Gasteiger partial charge < -0.3 is 14.8 Å². The lowest BCUT2D eigenvalue weighted by atomic mass is 10.2. The van der Waals surface area contributed by atoms with Crippen LogP contribution in [0, 0.1) is 0 Å². The number of hydrazone groups is 1. The predicted octanol–water partition coefficient (Wildman–Crippen LogP) is 2.72. The summed E-state index contributed by atoms with van der Waals surface area (Å²) in [6, 6.07) is 4.81. The van der Waals surface area contributed by atoms with E-state index < -0.39 is 11.7 Å². The molecular weight excluding hydrogens is 328 g/mol. The summed E-state index contributed by atoms with van der Waals surface area (Å²) in [7, 11) is 0. The molecule has 0 atom stereocenters. The number of anilines is 2. The molecule has 0 bridgehead atoms. The predicted molar refractivity (Wildman–Crippen MR) is 92.4 cm³/mol. The van der Waals surface area contributed by atoms with Crippen LogP contribution in [-0.4, -0.2) is 41.1 Å². The van der Waals surface area contributed by atoms with E-state index in [0.29, 0.717) is 28.9 Å². The maximum Gasteiger partial charge on any atom is 0.407 e. The molecule has 0 aromatic heterocycles. The summed E-state index contributed by atoms with van der Waals surface area (Å²) >= 11 is 0. The number of fused-ring (bicyclic) bond motifs is 1. The van der Waals surface area contributed by atoms with E-state index in [2.05, 4.69) is 10.4 Å². The molecule has 1 aliphatic heterocycles. The number of hydrogen-bond donors (Lipinski definition) is 3. The molecule has 9 heteroatoms. The van der Waals surface area contributed by atoms with Gasteiger partial charge in [0.15, 0.2) is 5.84 Å². The van der Waals surface area contributed by atoms with Crippen molar-refractivity contribution >= 4 is 23.3 Å². The van der Waals surface area contributed by atoms with E-state index in [1.807, 2.05) is 6.92 Å². The molecular formula is C16H24N4O5. The Kier molecular flexibility index (Phi) is 5.70. The van der Waals surface area contributed by atoms with Gasteiger partial charge in [0, 0.05) is 12.5 Å². The van der Waals surface area contributed by atoms with Crippen molar-refractivity contribution in [1.82, 2.24) is 5.32 Å². The van der Waals surface area contributed by atoms with Crippen molar-refractivity contribution in [1.29, 1.82) is 0 Å². The largest absolute Gasteiger partial charge is 0.492 e. The van der Waals surface area contributed by atoms with E-state index in [9.17, 15) is 15.2 Å². The number of hydrogen-bond acceptors (Lipinski definition) is 8. The lowest BCUT2D eigenvalue weighted by Crippen LogP contribution is -2.35. The summed E-state index contributed by atoms with van der Waals surface area (Å²) in [5.41, 5.74) is 0.132. The lowest BCUT2D eigenvalue weighted by Gasteiger charge is -2.28. The highest BCUT2D eigenvalue weighted by Crippen LogP contribution is 2.35. The van der Waals surface area contributed by atoms with Crippen LogP contribution in [0.1, 0.15) is 34.1 Å². The van der Waals surface area contributed by atoms with Crippen molar-refractivity contribution in [2.75, 3.05) is 23.4 Å². The molecule has 0 saturated carbocycles. The molecule has 1 amide bonds. The second-order valence-electron chi connectivity index (χ2n) is 6.40. The van der Waals surface area contributed by atoms with Gasteiger partial charge in [-0.2, -0.15) is 0 Å². The van der Waals surface area contributed by atoms with Gasteiger partial charge in [0.1, 0.15) is 23.6 Å². The van der Waals surface area contributed by atoms with Gasteiger partial charge in [0.05, 0.1) is 12.2 Å². The van der Waals surface area contributed by atoms with Crippen LogP contribution in [-0.2, 0) is 4.74 Å². The van der Waals surface area contributed by atoms with E-state index in [-0.39, 0.29) is 18.8 Å². The number of carbonyl (C=O) groups is 1. The summed E-state index contributed by atoms with van der Waals surface area (Å²) in [5.74, 6) is 0.789. The Bertz CT molecular complexity index is 656. The monoisotopic (exact) mass is 352 g/mol. The zero-order chi connectivity index (χ0) is 18.6. The first-order chi connectivity index (χ1) is 11.7. The van der Waals surface area contributed by atoms with Crippen LogP contribution in [0.4, 0.5) is 16.2 Å². The van der Waals surface area contributed by atoms with Crippen LogP contribution >= 0.6 is 0 Å². The number of ether oxygens (including phenoxy) is 2. The van der Waals surface area contributed by atoms with Crippen LogP contribution in [0.5, 0.6) is 5.75 Å². The number of carbonyl (C=O) groups excluding carboxylic acids is 1. The quantitative estimate of drug-likeness (QED) is 0.699. The molecule has 0 aliphatic carbocycles. The summed E-state index contributed by atoms with van der Waals surface area (Å²) in [5, 5.41) is 28.1. The van der Waals surface area contributed by atoms with Gasteiger partial charge in [0.25, 0.3) is 0 Å². The molecule has 0 spiro atoms. The molecule has 1 heterocycles. The van der Waals surface area contributed by atoms with Crippen molar-refractivity contribution in [2.24, 2.45) is 5.10 Å². The van der Waals surface area contributed by atoms with Gasteiger partial charge in [-0.3, -0.25) is 10.4 Å². The number of nitrogens with one attached hydrogen (secondary N) is 1. The Morgan fingerprint density at radius 1 is 1.28 bits per heavy atom. The first kappa shape index (κ1) is 18.8. The number of nitrogens with zero attached hydrogens (tertiary/aromatic N) is 3. The molecule has 138 valence electrons. The van der Waals surface area contributed by atoms with Crippen LogP contribution < -0.4 is 20.3 Å². The van der Waals surface area contributed by atoms with Gasteiger partial charge in [0.2, 0.25) is 0 Å².